The van der Waals surface area contributed by atoms with Crippen LogP contribution >= 0.6 is 0 Å². The second kappa shape index (κ2) is 8.39. The first-order chi connectivity index (χ1) is 9.45. The number of hydrogen-bond donors (Lipinski definition) is 2. The zero-order valence-corrected chi connectivity index (χ0v) is 13.5. The summed E-state index contributed by atoms with van der Waals surface area (Å²) in [5.74, 6) is 0. The highest BCUT2D eigenvalue weighted by atomic mass is 32.2. The summed E-state index contributed by atoms with van der Waals surface area (Å²) in [4.78, 5) is 0.335. The van der Waals surface area contributed by atoms with Crippen LogP contribution in [0.25, 0.3) is 0 Å². The summed E-state index contributed by atoms with van der Waals surface area (Å²) >= 11 is 0. The fourth-order valence-electron chi connectivity index (χ4n) is 1.77. The molecule has 0 heterocycles. The van der Waals surface area contributed by atoms with Gasteiger partial charge in [-0.2, -0.15) is 0 Å². The van der Waals surface area contributed by atoms with Gasteiger partial charge in [-0.25, -0.2) is 13.1 Å². The van der Waals surface area contributed by atoms with Gasteiger partial charge in [0.1, 0.15) is 0 Å². The normalized spacial score (nSPS) is 12.0. The Bertz CT molecular complexity index is 481. The highest BCUT2D eigenvalue weighted by molar-refractivity contribution is 7.89. The van der Waals surface area contributed by atoms with Crippen LogP contribution in [0.15, 0.2) is 29.2 Å². The summed E-state index contributed by atoms with van der Waals surface area (Å²) in [6.45, 7) is 7.52. The number of benzene rings is 1. The molecule has 0 atom stereocenters. The average Bonchev–Trinajstić information content (AvgIpc) is 2.42. The second-order valence-corrected chi connectivity index (χ2v) is 7.05. The summed E-state index contributed by atoms with van der Waals surface area (Å²) in [6, 6.07) is 7.46. The molecule has 2 N–H and O–H groups in total. The molecule has 1 aromatic rings. The van der Waals surface area contributed by atoms with Crippen LogP contribution in [0.5, 0.6) is 0 Å². The van der Waals surface area contributed by atoms with E-state index in [1.54, 1.807) is 12.1 Å². The minimum atomic E-state index is -3.36. The van der Waals surface area contributed by atoms with Gasteiger partial charge in [0.2, 0.25) is 10.0 Å². The van der Waals surface area contributed by atoms with Crippen LogP contribution in [0.4, 0.5) is 0 Å². The molecule has 4 nitrogen and oxygen atoms in total. The lowest BCUT2D eigenvalue weighted by atomic mass is 10.2. The molecule has 0 saturated carbocycles. The van der Waals surface area contributed by atoms with E-state index >= 15 is 0 Å². The zero-order chi connectivity index (χ0) is 15.0. The molecule has 1 aromatic carbocycles. The van der Waals surface area contributed by atoms with Crippen LogP contribution in [0.1, 0.15) is 45.6 Å². The maximum absolute atomic E-state index is 12.0. The molecule has 0 aliphatic rings. The molecular formula is C15H26N2O2S. The maximum atomic E-state index is 12.0. The van der Waals surface area contributed by atoms with Gasteiger partial charge in [-0.3, -0.25) is 0 Å². The summed E-state index contributed by atoms with van der Waals surface area (Å²) in [5, 5.41) is 3.30. The summed E-state index contributed by atoms with van der Waals surface area (Å²) in [6.07, 6.45) is 3.01. The molecule has 0 spiro atoms. The Hall–Kier alpha value is -0.910. The van der Waals surface area contributed by atoms with E-state index in [1.807, 2.05) is 12.1 Å². The number of hydrogen-bond acceptors (Lipinski definition) is 3. The number of sulfonamides is 1. The molecule has 0 amide bonds. The minimum absolute atomic E-state index is 0.335. The average molecular weight is 298 g/mol. The van der Waals surface area contributed by atoms with Crippen molar-refractivity contribution in [3.63, 3.8) is 0 Å². The van der Waals surface area contributed by atoms with Gasteiger partial charge in [0.25, 0.3) is 0 Å². The van der Waals surface area contributed by atoms with E-state index in [9.17, 15) is 8.42 Å². The Labute approximate surface area is 123 Å². The van der Waals surface area contributed by atoms with Gasteiger partial charge in [0.05, 0.1) is 4.90 Å². The molecule has 0 aliphatic carbocycles. The van der Waals surface area contributed by atoms with E-state index in [1.165, 1.54) is 0 Å². The number of unbranched alkanes of at least 4 members (excludes halogenated alkanes) is 2. The molecule has 0 radical (unpaired) electrons. The Morgan fingerprint density at radius 3 is 2.30 bits per heavy atom. The van der Waals surface area contributed by atoms with Crippen LogP contribution in [-0.4, -0.2) is 21.0 Å². The van der Waals surface area contributed by atoms with E-state index in [2.05, 4.69) is 30.8 Å². The van der Waals surface area contributed by atoms with E-state index in [-0.39, 0.29) is 0 Å². The molecular weight excluding hydrogens is 272 g/mol. The van der Waals surface area contributed by atoms with Gasteiger partial charge in [-0.05, 0) is 24.1 Å². The lowest BCUT2D eigenvalue weighted by Crippen LogP contribution is -2.25. The van der Waals surface area contributed by atoms with Crippen LogP contribution < -0.4 is 10.0 Å². The van der Waals surface area contributed by atoms with Gasteiger partial charge in [-0.15, -0.1) is 0 Å². The Kier molecular flexibility index (Phi) is 7.19. The summed E-state index contributed by atoms with van der Waals surface area (Å²) < 4.78 is 26.7. The minimum Gasteiger partial charge on any atom is -0.310 e. The van der Waals surface area contributed by atoms with Crippen LogP contribution in [0.2, 0.25) is 0 Å². The molecule has 0 fully saturated rings. The first kappa shape index (κ1) is 17.1. The zero-order valence-electron chi connectivity index (χ0n) is 12.6. The van der Waals surface area contributed by atoms with Crippen molar-refractivity contribution in [3.8, 4) is 0 Å². The molecule has 5 heteroatoms. The molecule has 0 saturated heterocycles. The van der Waals surface area contributed by atoms with Gasteiger partial charge < -0.3 is 5.32 Å². The van der Waals surface area contributed by atoms with Crippen molar-refractivity contribution >= 4 is 10.0 Å². The summed E-state index contributed by atoms with van der Waals surface area (Å²) in [7, 11) is -3.36. The highest BCUT2D eigenvalue weighted by Crippen LogP contribution is 2.11. The monoisotopic (exact) mass is 298 g/mol. The Balaban J connectivity index is 2.57. The van der Waals surface area contributed by atoms with Crippen molar-refractivity contribution in [1.29, 1.82) is 0 Å². The van der Waals surface area contributed by atoms with Gasteiger partial charge >= 0.3 is 0 Å². The van der Waals surface area contributed by atoms with Crippen molar-refractivity contribution in [2.75, 3.05) is 6.54 Å². The summed E-state index contributed by atoms with van der Waals surface area (Å²) in [5.41, 5.74) is 1.09. The smallest absolute Gasteiger partial charge is 0.240 e. The van der Waals surface area contributed by atoms with Crippen LogP contribution in [0, 0.1) is 0 Å². The maximum Gasteiger partial charge on any atom is 0.240 e. The predicted octanol–water partition coefficient (Wildman–Crippen LogP) is 2.65. The van der Waals surface area contributed by atoms with Gasteiger partial charge in [0, 0.05) is 19.1 Å². The SMILES string of the molecule is CCCCCNS(=O)(=O)c1ccc(CNC(C)C)cc1. The van der Waals surface area contributed by atoms with Crippen LogP contribution in [-0.2, 0) is 16.6 Å². The molecule has 0 unspecified atom stereocenters. The van der Waals surface area contributed by atoms with E-state index < -0.39 is 10.0 Å². The largest absolute Gasteiger partial charge is 0.310 e. The standard InChI is InChI=1S/C15H26N2O2S/c1-4-5-6-11-17-20(18,19)15-9-7-14(8-10-15)12-16-13(2)3/h7-10,13,16-17H,4-6,11-12H2,1-3H3. The number of nitrogens with one attached hydrogen (secondary N) is 2. The Morgan fingerprint density at radius 2 is 1.75 bits per heavy atom. The lowest BCUT2D eigenvalue weighted by Gasteiger charge is -2.09. The molecule has 20 heavy (non-hydrogen) atoms. The molecule has 114 valence electrons. The van der Waals surface area contributed by atoms with E-state index in [0.717, 1.165) is 31.4 Å². The van der Waals surface area contributed by atoms with Gasteiger partial charge in [-0.1, -0.05) is 45.7 Å². The van der Waals surface area contributed by atoms with Crippen LogP contribution in [0.3, 0.4) is 0 Å². The molecule has 0 bridgehead atoms. The van der Waals surface area contributed by atoms with E-state index in [4.69, 9.17) is 0 Å². The fraction of sp³-hybridized carbons (Fsp3) is 0.600. The third kappa shape index (κ3) is 6.03. The van der Waals surface area contributed by atoms with E-state index in [0.29, 0.717) is 17.5 Å². The van der Waals surface area contributed by atoms with Crippen molar-refractivity contribution in [3.05, 3.63) is 29.8 Å². The Morgan fingerprint density at radius 1 is 1.10 bits per heavy atom. The molecule has 1 rings (SSSR count). The van der Waals surface area contributed by atoms with Gasteiger partial charge in [0.15, 0.2) is 0 Å². The third-order valence-corrected chi connectivity index (χ3v) is 4.50. The predicted molar refractivity (Wildman–Crippen MR) is 83.1 cm³/mol. The third-order valence-electron chi connectivity index (χ3n) is 3.02. The first-order valence-corrected chi connectivity index (χ1v) is 8.76. The van der Waals surface area contributed by atoms with Crippen molar-refractivity contribution in [2.45, 2.75) is 57.5 Å². The first-order valence-electron chi connectivity index (χ1n) is 7.27. The van der Waals surface area contributed by atoms with Crippen molar-refractivity contribution in [2.24, 2.45) is 0 Å². The van der Waals surface area contributed by atoms with Crippen molar-refractivity contribution < 1.29 is 8.42 Å². The quantitative estimate of drug-likeness (QED) is 0.689. The molecule has 0 aromatic heterocycles. The molecule has 0 aliphatic heterocycles. The highest BCUT2D eigenvalue weighted by Gasteiger charge is 2.12. The van der Waals surface area contributed by atoms with Crippen molar-refractivity contribution in [1.82, 2.24) is 10.0 Å². The second-order valence-electron chi connectivity index (χ2n) is 5.28. The number of rotatable bonds is 9. The topological polar surface area (TPSA) is 58.2 Å². The fourth-order valence-corrected chi connectivity index (χ4v) is 2.85. The lowest BCUT2D eigenvalue weighted by molar-refractivity contribution is 0.575.